The summed E-state index contributed by atoms with van der Waals surface area (Å²) in [6.07, 6.45) is 6.56. The van der Waals surface area contributed by atoms with E-state index in [2.05, 4.69) is 28.8 Å². The predicted molar refractivity (Wildman–Crippen MR) is 142 cm³/mol. The van der Waals surface area contributed by atoms with Crippen LogP contribution in [-0.4, -0.2) is 28.3 Å². The van der Waals surface area contributed by atoms with Gasteiger partial charge in [-0.3, -0.25) is 0 Å². The quantitative estimate of drug-likeness (QED) is 0.182. The molecule has 1 aromatic carbocycles. The molecule has 1 atom stereocenters. The van der Waals surface area contributed by atoms with Crippen molar-refractivity contribution < 1.29 is 14.4 Å². The molecule has 0 radical (unpaired) electrons. The summed E-state index contributed by atoms with van der Waals surface area (Å²) in [6.45, 7) is 8.55. The lowest BCUT2D eigenvalue weighted by Gasteiger charge is -2.33. The van der Waals surface area contributed by atoms with Crippen molar-refractivity contribution in [3.8, 4) is 11.8 Å². The summed E-state index contributed by atoms with van der Waals surface area (Å²) in [5.74, 6) is 6.01. The van der Waals surface area contributed by atoms with Crippen LogP contribution in [0.3, 0.4) is 0 Å². The summed E-state index contributed by atoms with van der Waals surface area (Å²) in [6, 6.07) is 7.98. The third-order valence-corrected chi connectivity index (χ3v) is 8.77. The number of nitrogens with zero attached hydrogens (tertiary/aromatic N) is 1. The molecule has 1 saturated carbocycles. The average Bonchev–Trinajstić information content (AvgIpc) is 3.36. The highest BCUT2D eigenvalue weighted by molar-refractivity contribution is 7.51. The van der Waals surface area contributed by atoms with Crippen LogP contribution in [0.2, 0.25) is 0 Å². The number of hydrogen-bond acceptors (Lipinski definition) is 5. The van der Waals surface area contributed by atoms with E-state index in [9.17, 15) is 9.90 Å². The van der Waals surface area contributed by atoms with Crippen LogP contribution >= 0.6 is 19.6 Å². The van der Waals surface area contributed by atoms with E-state index in [4.69, 9.17) is 4.52 Å². The fraction of sp³-hybridized carbons (Fsp3) is 0.407. The van der Waals surface area contributed by atoms with Crippen LogP contribution in [0.1, 0.15) is 70.2 Å². The highest BCUT2D eigenvalue weighted by Gasteiger charge is 2.28. The maximum Gasteiger partial charge on any atom is 0.333 e. The highest BCUT2D eigenvalue weighted by Crippen LogP contribution is 2.47. The van der Waals surface area contributed by atoms with Crippen LogP contribution in [0.15, 0.2) is 52.5 Å². The zero-order chi connectivity index (χ0) is 24.5. The van der Waals surface area contributed by atoms with E-state index >= 15 is 0 Å². The number of benzene rings is 1. The molecule has 3 rings (SSSR count). The first kappa shape index (κ1) is 26.2. The van der Waals surface area contributed by atoms with Crippen molar-refractivity contribution in [2.45, 2.75) is 59.0 Å². The second kappa shape index (κ2) is 12.9. The molecule has 2 N–H and O–H groups in total. The second-order valence-electron chi connectivity index (χ2n) is 8.64. The second-order valence-corrected chi connectivity index (χ2v) is 11.2. The number of thiazole rings is 1. The molecule has 34 heavy (non-hydrogen) atoms. The van der Waals surface area contributed by atoms with Gasteiger partial charge in [-0.15, -0.1) is 11.3 Å². The minimum absolute atomic E-state index is 0.293. The van der Waals surface area contributed by atoms with Crippen molar-refractivity contribution >= 4 is 31.2 Å². The van der Waals surface area contributed by atoms with Gasteiger partial charge < -0.3 is 14.7 Å². The Labute approximate surface area is 208 Å². The van der Waals surface area contributed by atoms with Gasteiger partial charge in [-0.1, -0.05) is 25.0 Å². The Bertz CT molecular complexity index is 1070. The Morgan fingerprint density at radius 2 is 1.94 bits per heavy atom. The Hall–Kier alpha value is -2.45. The molecule has 1 heterocycles. The number of hydrogen-bond donors (Lipinski definition) is 2. The van der Waals surface area contributed by atoms with Crippen LogP contribution in [0.25, 0.3) is 5.57 Å². The third kappa shape index (κ3) is 7.53. The summed E-state index contributed by atoms with van der Waals surface area (Å²) in [5.41, 5.74) is 6.80. The molecular formula is C27H33N2O3PS. The molecule has 180 valence electrons. The van der Waals surface area contributed by atoms with Gasteiger partial charge in [-0.25, -0.2) is 9.78 Å². The van der Waals surface area contributed by atoms with Crippen molar-refractivity contribution in [1.29, 1.82) is 0 Å². The molecule has 0 bridgehead atoms. The first-order valence-electron chi connectivity index (χ1n) is 11.7. The van der Waals surface area contributed by atoms with Crippen LogP contribution < -0.4 is 5.09 Å². The molecule has 0 aliphatic heterocycles. The van der Waals surface area contributed by atoms with Gasteiger partial charge in [0.1, 0.15) is 14.0 Å². The van der Waals surface area contributed by atoms with Crippen LogP contribution in [0.5, 0.6) is 0 Å². The van der Waals surface area contributed by atoms with Gasteiger partial charge in [0.2, 0.25) is 0 Å². The number of aliphatic carboxylic acids is 1. The highest BCUT2D eigenvalue weighted by atomic mass is 32.1. The first-order chi connectivity index (χ1) is 16.4. The molecule has 0 amide bonds. The number of allylic oxidation sites excluding steroid dienone is 2. The Balaban J connectivity index is 1.80. The van der Waals surface area contributed by atoms with Gasteiger partial charge in [0.15, 0.2) is 0 Å². The normalized spacial score (nSPS) is 20.1. The minimum Gasteiger partial charge on any atom is -0.478 e. The molecule has 1 aromatic heterocycles. The van der Waals surface area contributed by atoms with E-state index in [1.54, 1.807) is 12.4 Å². The molecule has 1 aliphatic rings. The summed E-state index contributed by atoms with van der Waals surface area (Å²) < 4.78 is 6.12. The lowest BCUT2D eigenvalue weighted by Crippen LogP contribution is -2.24. The molecule has 5 nitrogen and oxygen atoms in total. The Morgan fingerprint density at radius 1 is 1.24 bits per heavy atom. The molecular weight excluding hydrogens is 463 g/mol. The van der Waals surface area contributed by atoms with Crippen LogP contribution in [0.4, 0.5) is 0 Å². The van der Waals surface area contributed by atoms with E-state index in [1.165, 1.54) is 24.2 Å². The Morgan fingerprint density at radius 3 is 2.53 bits per heavy atom. The van der Waals surface area contributed by atoms with E-state index in [1.807, 2.05) is 49.6 Å². The van der Waals surface area contributed by atoms with E-state index in [-0.39, 0.29) is 0 Å². The number of rotatable bonds is 8. The summed E-state index contributed by atoms with van der Waals surface area (Å²) in [4.78, 5) is 16.0. The maximum absolute atomic E-state index is 11.9. The fourth-order valence-electron chi connectivity index (χ4n) is 3.83. The van der Waals surface area contributed by atoms with Gasteiger partial charge >= 0.3 is 5.97 Å². The molecule has 1 fully saturated rings. The van der Waals surface area contributed by atoms with Gasteiger partial charge in [-0.05, 0) is 87.6 Å². The predicted octanol–water partition coefficient (Wildman–Crippen LogP) is 6.82. The molecule has 1 aliphatic carbocycles. The van der Waals surface area contributed by atoms with Crippen molar-refractivity contribution in [3.63, 3.8) is 0 Å². The lowest BCUT2D eigenvalue weighted by atomic mass is 9.91. The standard InChI is InChI=1S/C27H33N2O3PS/c1-5-32-33(25-14-6-19(2)7-15-25)29-26(21(4)27(30)31)16-20(3)23-11-8-22(9-12-23)10-13-24-17-34-18-28-24/h8-9,11-12,16-19,25,29H,5-7,14-15H2,1-4H3,(H,30,31)/b20-16+,26-21-. The van der Waals surface area contributed by atoms with E-state index in [0.717, 1.165) is 41.2 Å². The van der Waals surface area contributed by atoms with Gasteiger partial charge in [0.05, 0.1) is 17.7 Å². The van der Waals surface area contributed by atoms with Crippen molar-refractivity contribution in [2.75, 3.05) is 6.61 Å². The minimum atomic E-state index is -0.961. The van der Waals surface area contributed by atoms with Gasteiger partial charge in [-0.2, -0.15) is 0 Å². The van der Waals surface area contributed by atoms with Crippen molar-refractivity contribution in [3.05, 3.63) is 69.3 Å². The fourth-order valence-corrected chi connectivity index (χ4v) is 6.29. The van der Waals surface area contributed by atoms with E-state index in [0.29, 0.717) is 23.5 Å². The monoisotopic (exact) mass is 496 g/mol. The van der Waals surface area contributed by atoms with Crippen molar-refractivity contribution in [1.82, 2.24) is 10.1 Å². The number of carboxylic acids is 1. The number of carboxylic acid groups (broad SMARTS) is 1. The smallest absolute Gasteiger partial charge is 0.333 e. The van der Waals surface area contributed by atoms with Crippen LogP contribution in [0, 0.1) is 17.8 Å². The third-order valence-electron chi connectivity index (χ3n) is 6.01. The molecule has 7 heteroatoms. The summed E-state index contributed by atoms with van der Waals surface area (Å²) >= 11 is 1.53. The topological polar surface area (TPSA) is 71.5 Å². The molecule has 2 aromatic rings. The number of carbonyl (C=O) groups is 1. The van der Waals surface area contributed by atoms with Crippen LogP contribution in [-0.2, 0) is 9.32 Å². The Kier molecular flexibility index (Phi) is 9.89. The van der Waals surface area contributed by atoms with Gasteiger partial charge in [0, 0.05) is 22.3 Å². The average molecular weight is 497 g/mol. The maximum atomic E-state index is 11.9. The van der Waals surface area contributed by atoms with Crippen molar-refractivity contribution in [2.24, 2.45) is 5.92 Å². The largest absolute Gasteiger partial charge is 0.478 e. The molecule has 1 unspecified atom stereocenters. The number of nitrogens with one attached hydrogen (secondary N) is 1. The zero-order valence-corrected chi connectivity index (χ0v) is 22.0. The summed E-state index contributed by atoms with van der Waals surface area (Å²) in [7, 11) is -0.961. The first-order valence-corrected chi connectivity index (χ1v) is 14.0. The zero-order valence-electron chi connectivity index (χ0n) is 20.3. The van der Waals surface area contributed by atoms with E-state index < -0.39 is 14.3 Å². The van der Waals surface area contributed by atoms with Gasteiger partial charge in [0.25, 0.3) is 0 Å². The summed E-state index contributed by atoms with van der Waals surface area (Å²) in [5, 5.41) is 15.1. The molecule has 0 saturated heterocycles. The molecule has 0 spiro atoms. The lowest BCUT2D eigenvalue weighted by molar-refractivity contribution is -0.132. The SMILES string of the molecule is CCOP(NC(/C=C(\C)c1ccc(C#Cc2cscn2)cc1)=C(/C)C(=O)O)C1CCC(C)CC1. The number of aromatic nitrogens is 1.